The SMILES string of the molecule is CC(C)(C)OC(=O)N1C(C)(C)CC2(CC1(C)C)NCCO2. The van der Waals surface area contributed by atoms with Crippen molar-refractivity contribution in [2.24, 2.45) is 0 Å². The van der Waals surface area contributed by atoms with Crippen molar-refractivity contribution < 1.29 is 14.3 Å². The van der Waals surface area contributed by atoms with E-state index in [-0.39, 0.29) is 22.9 Å². The highest BCUT2D eigenvalue weighted by atomic mass is 16.6. The molecule has 2 saturated heterocycles. The summed E-state index contributed by atoms with van der Waals surface area (Å²) in [6, 6.07) is 0. The monoisotopic (exact) mass is 298 g/mol. The zero-order valence-electron chi connectivity index (χ0n) is 14.5. The molecule has 2 aliphatic heterocycles. The molecule has 0 unspecified atom stereocenters. The molecule has 0 bridgehead atoms. The number of carbonyl (C=O) groups excluding carboxylic acids is 1. The normalized spacial score (nSPS) is 26.9. The van der Waals surface area contributed by atoms with Crippen molar-refractivity contribution in [3.8, 4) is 0 Å². The Morgan fingerprint density at radius 3 is 2.05 bits per heavy atom. The molecule has 2 rings (SSSR count). The zero-order valence-corrected chi connectivity index (χ0v) is 14.5. The van der Waals surface area contributed by atoms with Crippen molar-refractivity contribution in [3.05, 3.63) is 0 Å². The molecule has 0 radical (unpaired) electrons. The summed E-state index contributed by atoms with van der Waals surface area (Å²) in [7, 11) is 0. The van der Waals surface area contributed by atoms with E-state index in [1.54, 1.807) is 0 Å². The van der Waals surface area contributed by atoms with Gasteiger partial charge in [-0.3, -0.25) is 10.2 Å². The average molecular weight is 298 g/mol. The number of ether oxygens (including phenoxy) is 2. The van der Waals surface area contributed by atoms with Gasteiger partial charge in [-0.05, 0) is 48.5 Å². The molecule has 5 nitrogen and oxygen atoms in total. The van der Waals surface area contributed by atoms with Gasteiger partial charge in [-0.1, -0.05) is 0 Å². The Hall–Kier alpha value is -0.810. The number of hydrogen-bond donors (Lipinski definition) is 1. The summed E-state index contributed by atoms with van der Waals surface area (Å²) >= 11 is 0. The number of hydrogen-bond acceptors (Lipinski definition) is 4. The molecule has 21 heavy (non-hydrogen) atoms. The molecular formula is C16H30N2O3. The van der Waals surface area contributed by atoms with Crippen LogP contribution in [0, 0.1) is 0 Å². The zero-order chi connectivity index (χ0) is 16.1. The maximum Gasteiger partial charge on any atom is 0.411 e. The molecule has 1 N–H and O–H groups in total. The van der Waals surface area contributed by atoms with E-state index in [1.165, 1.54) is 0 Å². The van der Waals surface area contributed by atoms with E-state index >= 15 is 0 Å². The van der Waals surface area contributed by atoms with Crippen LogP contribution in [0.2, 0.25) is 0 Å². The van der Waals surface area contributed by atoms with Gasteiger partial charge in [0.05, 0.1) is 6.61 Å². The summed E-state index contributed by atoms with van der Waals surface area (Å²) in [5.74, 6) is 0. The maximum absolute atomic E-state index is 12.7. The van der Waals surface area contributed by atoms with Crippen LogP contribution in [-0.4, -0.2) is 46.5 Å². The molecule has 0 aromatic heterocycles. The van der Waals surface area contributed by atoms with Crippen LogP contribution in [0.25, 0.3) is 0 Å². The van der Waals surface area contributed by atoms with Gasteiger partial charge in [0, 0.05) is 30.5 Å². The predicted molar refractivity (Wildman–Crippen MR) is 82.2 cm³/mol. The quantitative estimate of drug-likeness (QED) is 0.747. The lowest BCUT2D eigenvalue weighted by atomic mass is 9.75. The van der Waals surface area contributed by atoms with Crippen molar-refractivity contribution >= 4 is 6.09 Å². The largest absolute Gasteiger partial charge is 0.444 e. The molecule has 0 atom stereocenters. The van der Waals surface area contributed by atoms with E-state index in [4.69, 9.17) is 9.47 Å². The lowest BCUT2D eigenvalue weighted by Crippen LogP contribution is -2.69. The number of likely N-dealkylation sites (tertiary alicyclic amines) is 1. The topological polar surface area (TPSA) is 50.8 Å². The Balaban J connectivity index is 2.27. The molecule has 0 aromatic carbocycles. The van der Waals surface area contributed by atoms with Gasteiger partial charge in [0.2, 0.25) is 0 Å². The maximum atomic E-state index is 12.7. The fourth-order valence-electron chi connectivity index (χ4n) is 4.04. The highest BCUT2D eigenvalue weighted by Crippen LogP contribution is 2.45. The van der Waals surface area contributed by atoms with Crippen molar-refractivity contribution in [1.82, 2.24) is 10.2 Å². The molecule has 0 aromatic rings. The highest BCUT2D eigenvalue weighted by Gasteiger charge is 2.56. The minimum absolute atomic E-state index is 0.245. The van der Waals surface area contributed by atoms with Crippen LogP contribution in [0.3, 0.4) is 0 Å². The number of nitrogens with one attached hydrogen (secondary N) is 1. The fourth-order valence-corrected chi connectivity index (χ4v) is 4.04. The lowest BCUT2D eigenvalue weighted by molar-refractivity contribution is -0.144. The summed E-state index contributed by atoms with van der Waals surface area (Å²) in [5, 5.41) is 3.49. The highest BCUT2D eigenvalue weighted by molar-refractivity contribution is 5.70. The van der Waals surface area contributed by atoms with Gasteiger partial charge in [0.25, 0.3) is 0 Å². The molecule has 2 fully saturated rings. The van der Waals surface area contributed by atoms with Crippen molar-refractivity contribution in [1.29, 1.82) is 0 Å². The molecule has 0 aliphatic carbocycles. The Labute approximate surface area is 128 Å². The molecular weight excluding hydrogens is 268 g/mol. The van der Waals surface area contributed by atoms with Crippen molar-refractivity contribution in [2.45, 2.75) is 83.7 Å². The Morgan fingerprint density at radius 2 is 1.67 bits per heavy atom. The third kappa shape index (κ3) is 3.34. The van der Waals surface area contributed by atoms with Gasteiger partial charge in [-0.15, -0.1) is 0 Å². The summed E-state index contributed by atoms with van der Waals surface area (Å²) in [5.41, 5.74) is -1.46. The molecule has 122 valence electrons. The number of carbonyl (C=O) groups is 1. The first kappa shape index (κ1) is 16.6. The van der Waals surface area contributed by atoms with Crippen LogP contribution < -0.4 is 5.32 Å². The summed E-state index contributed by atoms with van der Waals surface area (Å²) in [6.45, 7) is 15.7. The number of nitrogens with zero attached hydrogens (tertiary/aromatic N) is 1. The van der Waals surface area contributed by atoms with Gasteiger partial charge in [0.15, 0.2) is 0 Å². The second-order valence-corrected chi connectivity index (χ2v) is 8.56. The van der Waals surface area contributed by atoms with Gasteiger partial charge in [-0.2, -0.15) is 0 Å². The second kappa shape index (κ2) is 4.85. The Morgan fingerprint density at radius 1 is 1.14 bits per heavy atom. The summed E-state index contributed by atoms with van der Waals surface area (Å²) < 4.78 is 11.6. The first-order chi connectivity index (χ1) is 9.37. The van der Waals surface area contributed by atoms with Crippen LogP contribution in [0.5, 0.6) is 0 Å². The smallest absolute Gasteiger partial charge is 0.411 e. The van der Waals surface area contributed by atoms with E-state index in [0.29, 0.717) is 0 Å². The van der Waals surface area contributed by atoms with Crippen LogP contribution in [0.1, 0.15) is 61.3 Å². The minimum Gasteiger partial charge on any atom is -0.444 e. The van der Waals surface area contributed by atoms with Gasteiger partial charge in [-0.25, -0.2) is 4.79 Å². The molecule has 5 heteroatoms. The van der Waals surface area contributed by atoms with Gasteiger partial charge < -0.3 is 9.47 Å². The number of piperidine rings is 1. The summed E-state index contributed by atoms with van der Waals surface area (Å²) in [4.78, 5) is 14.6. The second-order valence-electron chi connectivity index (χ2n) is 8.56. The standard InChI is InChI=1S/C16H30N2O3/c1-13(2,3)21-12(19)18-14(4,5)10-16(11-15(18,6)7)17-8-9-20-16/h17H,8-11H2,1-7H3. The van der Waals surface area contributed by atoms with E-state index in [9.17, 15) is 4.79 Å². The number of rotatable bonds is 0. The molecule has 0 saturated carbocycles. The molecule has 1 amide bonds. The summed E-state index contributed by atoms with van der Waals surface area (Å²) in [6.07, 6.45) is 1.29. The van der Waals surface area contributed by atoms with Crippen LogP contribution >= 0.6 is 0 Å². The first-order valence-corrected chi connectivity index (χ1v) is 7.79. The third-order valence-corrected chi connectivity index (χ3v) is 4.15. The van der Waals surface area contributed by atoms with Gasteiger partial charge >= 0.3 is 6.09 Å². The minimum atomic E-state index is -0.486. The van der Waals surface area contributed by atoms with Gasteiger partial charge in [0.1, 0.15) is 11.3 Å². The van der Waals surface area contributed by atoms with Crippen molar-refractivity contribution in [2.75, 3.05) is 13.2 Å². The van der Waals surface area contributed by atoms with Crippen molar-refractivity contribution in [3.63, 3.8) is 0 Å². The molecule has 2 heterocycles. The average Bonchev–Trinajstić information content (AvgIpc) is 2.57. The fraction of sp³-hybridized carbons (Fsp3) is 0.938. The molecule has 2 aliphatic rings. The number of amides is 1. The van der Waals surface area contributed by atoms with Crippen LogP contribution in [0.15, 0.2) is 0 Å². The third-order valence-electron chi connectivity index (χ3n) is 4.15. The lowest BCUT2D eigenvalue weighted by Gasteiger charge is -2.57. The Kier molecular flexibility index (Phi) is 3.82. The molecule has 1 spiro atoms. The van der Waals surface area contributed by atoms with E-state index in [1.807, 2.05) is 25.7 Å². The van der Waals surface area contributed by atoms with E-state index in [2.05, 4.69) is 33.0 Å². The Bertz CT molecular complexity index is 398. The van der Waals surface area contributed by atoms with E-state index < -0.39 is 5.60 Å². The van der Waals surface area contributed by atoms with E-state index in [0.717, 1.165) is 26.0 Å². The van der Waals surface area contributed by atoms with Crippen LogP contribution in [0.4, 0.5) is 4.79 Å². The first-order valence-electron chi connectivity index (χ1n) is 7.79. The van der Waals surface area contributed by atoms with Crippen LogP contribution in [-0.2, 0) is 9.47 Å². The predicted octanol–water partition coefficient (Wildman–Crippen LogP) is 2.89.